The van der Waals surface area contributed by atoms with Crippen LogP contribution in [0, 0.1) is 0 Å². The molecule has 0 N–H and O–H groups in total. The molecule has 0 radical (unpaired) electrons. The molecule has 1 aromatic rings. The van der Waals surface area contributed by atoms with Crippen LogP contribution in [0.25, 0.3) is 0 Å². The first-order valence-electron chi connectivity index (χ1n) is 4.81. The van der Waals surface area contributed by atoms with E-state index in [4.69, 9.17) is 4.74 Å². The summed E-state index contributed by atoms with van der Waals surface area (Å²) in [4.78, 5) is 11.3. The molecule has 14 heavy (non-hydrogen) atoms. The number of hydrogen-bond acceptors (Lipinski definition) is 2. The summed E-state index contributed by atoms with van der Waals surface area (Å²) >= 11 is 0. The van der Waals surface area contributed by atoms with E-state index >= 15 is 0 Å². The molecule has 0 saturated heterocycles. The van der Waals surface area contributed by atoms with Crippen molar-refractivity contribution in [3.63, 3.8) is 0 Å². The van der Waals surface area contributed by atoms with Gasteiger partial charge in [0.15, 0.2) is 0 Å². The van der Waals surface area contributed by atoms with E-state index in [0.717, 1.165) is 18.1 Å². The lowest BCUT2D eigenvalue weighted by atomic mass is 10.4. The highest BCUT2D eigenvalue weighted by atomic mass is 31.1. The van der Waals surface area contributed by atoms with Crippen molar-refractivity contribution in [2.45, 2.75) is 19.8 Å². The molecule has 2 nitrogen and oxygen atoms in total. The van der Waals surface area contributed by atoms with Crippen molar-refractivity contribution in [1.82, 2.24) is 0 Å². The minimum absolute atomic E-state index is 0.107. The van der Waals surface area contributed by atoms with Crippen molar-refractivity contribution in [3.05, 3.63) is 30.3 Å². The third-order valence-electron chi connectivity index (χ3n) is 1.75. The second-order valence-corrected chi connectivity index (χ2v) is 4.22. The summed E-state index contributed by atoms with van der Waals surface area (Å²) in [6.45, 7) is 2.63. The van der Waals surface area contributed by atoms with Crippen molar-refractivity contribution < 1.29 is 9.53 Å². The Labute approximate surface area is 86.4 Å². The van der Waals surface area contributed by atoms with Gasteiger partial charge in [-0.25, -0.2) is 4.79 Å². The topological polar surface area (TPSA) is 26.3 Å². The van der Waals surface area contributed by atoms with Crippen LogP contribution in [0.5, 0.6) is 0 Å². The molecule has 3 heteroatoms. The molecule has 76 valence electrons. The Balaban J connectivity index is 2.27. The SMILES string of the molecule is CCCCOC(=O)Pc1ccccc1. The van der Waals surface area contributed by atoms with E-state index in [1.807, 2.05) is 30.3 Å². The molecule has 0 aliphatic heterocycles. The third kappa shape index (κ3) is 4.38. The zero-order valence-electron chi connectivity index (χ0n) is 8.32. The number of unbranched alkanes of at least 4 members (excludes halogenated alkanes) is 1. The van der Waals surface area contributed by atoms with Gasteiger partial charge in [0.1, 0.15) is 0 Å². The summed E-state index contributed by atoms with van der Waals surface area (Å²) < 4.78 is 5.06. The Morgan fingerprint density at radius 2 is 2.07 bits per heavy atom. The quantitative estimate of drug-likeness (QED) is 0.551. The molecule has 1 unspecified atom stereocenters. The van der Waals surface area contributed by atoms with Gasteiger partial charge in [0, 0.05) is 8.58 Å². The Hall–Kier alpha value is -0.880. The number of ether oxygens (including phenoxy) is 1. The van der Waals surface area contributed by atoms with E-state index in [9.17, 15) is 4.79 Å². The normalized spacial score (nSPS) is 10.6. The lowest BCUT2D eigenvalue weighted by Crippen LogP contribution is -2.03. The number of benzene rings is 1. The number of hydrogen-bond donors (Lipinski definition) is 0. The van der Waals surface area contributed by atoms with E-state index in [2.05, 4.69) is 6.92 Å². The van der Waals surface area contributed by atoms with Gasteiger partial charge in [0.25, 0.3) is 0 Å². The summed E-state index contributed by atoms with van der Waals surface area (Å²) in [5.41, 5.74) is -0.107. The van der Waals surface area contributed by atoms with Gasteiger partial charge in [-0.15, -0.1) is 0 Å². The predicted octanol–water partition coefficient (Wildman–Crippen LogP) is 2.93. The Morgan fingerprint density at radius 3 is 2.71 bits per heavy atom. The molecule has 0 aliphatic rings. The van der Waals surface area contributed by atoms with Crippen LogP contribution in [0.3, 0.4) is 0 Å². The molecule has 0 saturated carbocycles. The largest absolute Gasteiger partial charge is 0.463 e. The molecule has 0 aromatic heterocycles. The zero-order chi connectivity index (χ0) is 10.2. The number of carbonyl (C=O) groups is 1. The van der Waals surface area contributed by atoms with Gasteiger partial charge in [-0.1, -0.05) is 43.7 Å². The van der Waals surface area contributed by atoms with Gasteiger partial charge in [-0.2, -0.15) is 0 Å². The minimum atomic E-state index is -0.107. The van der Waals surface area contributed by atoms with Crippen molar-refractivity contribution >= 4 is 19.6 Å². The predicted molar refractivity (Wildman–Crippen MR) is 60.6 cm³/mol. The van der Waals surface area contributed by atoms with Gasteiger partial charge in [0.2, 0.25) is 0 Å². The van der Waals surface area contributed by atoms with Crippen LogP contribution in [-0.2, 0) is 4.74 Å². The fraction of sp³-hybridized carbons (Fsp3) is 0.364. The summed E-state index contributed by atoms with van der Waals surface area (Å²) in [7, 11) is 0.128. The van der Waals surface area contributed by atoms with Crippen molar-refractivity contribution in [2.75, 3.05) is 6.61 Å². The lowest BCUT2D eigenvalue weighted by Gasteiger charge is -2.03. The van der Waals surface area contributed by atoms with E-state index in [0.29, 0.717) is 6.61 Å². The molecule has 1 rings (SSSR count). The summed E-state index contributed by atoms with van der Waals surface area (Å²) in [5.74, 6) is 0. The Morgan fingerprint density at radius 1 is 1.36 bits per heavy atom. The van der Waals surface area contributed by atoms with Crippen LogP contribution >= 0.6 is 8.58 Å². The molecule has 0 fully saturated rings. The first kappa shape index (κ1) is 11.2. The Kier molecular flexibility index (Phi) is 5.24. The van der Waals surface area contributed by atoms with Crippen LogP contribution in [-0.4, -0.2) is 12.3 Å². The monoisotopic (exact) mass is 210 g/mol. The van der Waals surface area contributed by atoms with Gasteiger partial charge in [-0.3, -0.25) is 0 Å². The molecule has 0 bridgehead atoms. The van der Waals surface area contributed by atoms with Crippen LogP contribution in [0.1, 0.15) is 19.8 Å². The highest BCUT2D eigenvalue weighted by Gasteiger charge is 2.02. The average Bonchev–Trinajstić information content (AvgIpc) is 2.20. The first-order chi connectivity index (χ1) is 6.83. The molecular formula is C11H15O2P. The van der Waals surface area contributed by atoms with Crippen molar-refractivity contribution in [2.24, 2.45) is 0 Å². The molecule has 1 aromatic carbocycles. The van der Waals surface area contributed by atoms with Gasteiger partial charge >= 0.3 is 5.71 Å². The van der Waals surface area contributed by atoms with E-state index in [1.54, 1.807) is 0 Å². The first-order valence-corrected chi connectivity index (χ1v) is 5.81. The van der Waals surface area contributed by atoms with Crippen LogP contribution in [0.15, 0.2) is 30.3 Å². The number of rotatable bonds is 5. The molecule has 0 aliphatic carbocycles. The maximum Gasteiger partial charge on any atom is 0.327 e. The Bertz CT molecular complexity index is 272. The average molecular weight is 210 g/mol. The van der Waals surface area contributed by atoms with Crippen LogP contribution < -0.4 is 5.30 Å². The second kappa shape index (κ2) is 6.56. The second-order valence-electron chi connectivity index (χ2n) is 2.98. The van der Waals surface area contributed by atoms with Crippen LogP contribution in [0.4, 0.5) is 4.79 Å². The van der Waals surface area contributed by atoms with Gasteiger partial charge in [0.05, 0.1) is 6.61 Å². The molecule has 0 amide bonds. The summed E-state index contributed by atoms with van der Waals surface area (Å²) in [6.07, 6.45) is 2.01. The smallest absolute Gasteiger partial charge is 0.327 e. The highest BCUT2D eigenvalue weighted by molar-refractivity contribution is 7.64. The summed E-state index contributed by atoms with van der Waals surface area (Å²) in [5, 5.41) is 1.04. The van der Waals surface area contributed by atoms with E-state index in [-0.39, 0.29) is 14.3 Å². The highest BCUT2D eigenvalue weighted by Crippen LogP contribution is 2.13. The fourth-order valence-electron chi connectivity index (χ4n) is 0.985. The van der Waals surface area contributed by atoms with E-state index < -0.39 is 0 Å². The van der Waals surface area contributed by atoms with Gasteiger partial charge < -0.3 is 4.74 Å². The maximum atomic E-state index is 11.3. The fourth-order valence-corrected chi connectivity index (χ4v) is 1.75. The van der Waals surface area contributed by atoms with Crippen LogP contribution in [0.2, 0.25) is 0 Å². The lowest BCUT2D eigenvalue weighted by molar-refractivity contribution is 0.172. The molecular weight excluding hydrogens is 195 g/mol. The minimum Gasteiger partial charge on any atom is -0.463 e. The van der Waals surface area contributed by atoms with Crippen molar-refractivity contribution in [1.29, 1.82) is 0 Å². The number of carbonyl (C=O) groups excluding carboxylic acids is 1. The standard InChI is InChI=1S/C11H15O2P/c1-2-3-9-13-11(12)14-10-7-5-4-6-8-10/h4-8,14H,2-3,9H2,1H3. The van der Waals surface area contributed by atoms with Crippen molar-refractivity contribution in [3.8, 4) is 0 Å². The maximum absolute atomic E-state index is 11.3. The summed E-state index contributed by atoms with van der Waals surface area (Å²) in [6, 6.07) is 9.69. The molecule has 0 heterocycles. The van der Waals surface area contributed by atoms with Gasteiger partial charge in [-0.05, 0) is 11.7 Å². The van der Waals surface area contributed by atoms with E-state index in [1.165, 1.54) is 0 Å². The molecule has 0 spiro atoms. The molecule has 1 atom stereocenters. The third-order valence-corrected chi connectivity index (χ3v) is 2.72. The zero-order valence-corrected chi connectivity index (χ0v) is 9.32.